The number of nitrogens with one attached hydrogen (secondary N) is 1. The minimum Gasteiger partial charge on any atom is -0.309 e. The van der Waals surface area contributed by atoms with Crippen LogP contribution in [-0.4, -0.2) is 12.3 Å². The number of aryl methyl sites for hydroxylation is 1. The minimum absolute atomic E-state index is 0.201. The highest BCUT2D eigenvalue weighted by Crippen LogP contribution is 2.27. The quantitative estimate of drug-likeness (QED) is 0.730. The monoisotopic (exact) mass is 323 g/mol. The van der Waals surface area contributed by atoms with E-state index in [1.54, 1.807) is 11.8 Å². The Labute approximate surface area is 134 Å². The van der Waals surface area contributed by atoms with Crippen LogP contribution in [0.5, 0.6) is 0 Å². The molecule has 2 aromatic rings. The maximum Gasteiger partial charge on any atom is 0.123 e. The largest absolute Gasteiger partial charge is 0.309 e. The van der Waals surface area contributed by atoms with Crippen molar-refractivity contribution in [3.8, 4) is 0 Å². The summed E-state index contributed by atoms with van der Waals surface area (Å²) in [6, 6.07) is 13.0. The summed E-state index contributed by atoms with van der Waals surface area (Å²) in [6.07, 6.45) is 0. The molecule has 0 radical (unpaired) electrons. The van der Waals surface area contributed by atoms with Crippen LogP contribution in [0.15, 0.2) is 47.4 Å². The van der Waals surface area contributed by atoms with Crippen LogP contribution < -0.4 is 5.32 Å². The topological polar surface area (TPSA) is 12.0 Å². The molecule has 0 saturated heterocycles. The minimum atomic E-state index is -0.201. The van der Waals surface area contributed by atoms with Gasteiger partial charge in [0.15, 0.2) is 0 Å². The van der Waals surface area contributed by atoms with E-state index in [9.17, 15) is 4.39 Å². The summed E-state index contributed by atoms with van der Waals surface area (Å²) in [5.41, 5.74) is 2.27. The molecule has 0 heterocycles. The average molecular weight is 324 g/mol. The Morgan fingerprint density at radius 2 is 1.90 bits per heavy atom. The van der Waals surface area contributed by atoms with Gasteiger partial charge in [-0.05, 0) is 54.9 Å². The van der Waals surface area contributed by atoms with Crippen LogP contribution >= 0.6 is 23.4 Å². The molecule has 2 rings (SSSR count). The lowest BCUT2D eigenvalue weighted by Gasteiger charge is -2.19. The number of hydrogen-bond acceptors (Lipinski definition) is 2. The molecule has 1 atom stereocenters. The van der Waals surface area contributed by atoms with Crippen LogP contribution in [-0.2, 0) is 0 Å². The molecule has 4 heteroatoms. The molecule has 0 aliphatic carbocycles. The average Bonchev–Trinajstić information content (AvgIpc) is 2.48. The van der Waals surface area contributed by atoms with E-state index in [-0.39, 0.29) is 11.9 Å². The molecule has 1 N–H and O–H groups in total. The van der Waals surface area contributed by atoms with Crippen molar-refractivity contribution < 1.29 is 4.39 Å². The molecular weight excluding hydrogens is 305 g/mol. The third kappa shape index (κ3) is 4.73. The standard InChI is InChI=1S/C17H19ClFNS/c1-3-20-17(13-5-4-12(2)16(18)10-13)11-21-15-8-6-14(19)7-9-15/h4-10,17,20H,3,11H2,1-2H3. The predicted octanol–water partition coefficient (Wildman–Crippen LogP) is 5.23. The summed E-state index contributed by atoms with van der Waals surface area (Å²) in [7, 11) is 0. The van der Waals surface area contributed by atoms with E-state index < -0.39 is 0 Å². The van der Waals surface area contributed by atoms with Gasteiger partial charge in [-0.1, -0.05) is 30.7 Å². The van der Waals surface area contributed by atoms with Gasteiger partial charge in [-0.2, -0.15) is 0 Å². The zero-order chi connectivity index (χ0) is 15.2. The normalized spacial score (nSPS) is 12.4. The zero-order valence-electron chi connectivity index (χ0n) is 12.2. The maximum atomic E-state index is 12.9. The molecule has 0 aromatic heterocycles. The fourth-order valence-electron chi connectivity index (χ4n) is 2.06. The van der Waals surface area contributed by atoms with Gasteiger partial charge < -0.3 is 5.32 Å². The highest BCUT2D eigenvalue weighted by molar-refractivity contribution is 7.99. The Morgan fingerprint density at radius 3 is 2.52 bits per heavy atom. The van der Waals surface area contributed by atoms with E-state index in [4.69, 9.17) is 11.6 Å². The molecule has 0 fully saturated rings. The highest BCUT2D eigenvalue weighted by atomic mass is 35.5. The van der Waals surface area contributed by atoms with Crippen LogP contribution in [0, 0.1) is 12.7 Å². The summed E-state index contributed by atoms with van der Waals surface area (Å²) in [5, 5.41) is 4.27. The summed E-state index contributed by atoms with van der Waals surface area (Å²) in [5.74, 6) is 0.673. The highest BCUT2D eigenvalue weighted by Gasteiger charge is 2.12. The maximum absolute atomic E-state index is 12.9. The van der Waals surface area contributed by atoms with Crippen LogP contribution in [0.3, 0.4) is 0 Å². The lowest BCUT2D eigenvalue weighted by molar-refractivity contribution is 0.606. The van der Waals surface area contributed by atoms with Crippen LogP contribution in [0.1, 0.15) is 24.1 Å². The fourth-order valence-corrected chi connectivity index (χ4v) is 3.24. The molecule has 0 aliphatic heterocycles. The Hall–Kier alpha value is -1.03. The molecule has 0 bridgehead atoms. The van der Waals surface area contributed by atoms with Gasteiger partial charge >= 0.3 is 0 Å². The van der Waals surface area contributed by atoms with Crippen molar-refractivity contribution in [3.63, 3.8) is 0 Å². The first-order chi connectivity index (χ1) is 10.1. The first-order valence-corrected chi connectivity index (χ1v) is 8.34. The van der Waals surface area contributed by atoms with Crippen molar-refractivity contribution in [2.24, 2.45) is 0 Å². The predicted molar refractivity (Wildman–Crippen MR) is 89.7 cm³/mol. The van der Waals surface area contributed by atoms with Crippen molar-refractivity contribution in [1.82, 2.24) is 5.32 Å². The first-order valence-electron chi connectivity index (χ1n) is 6.98. The number of thioether (sulfide) groups is 1. The second-order valence-electron chi connectivity index (χ2n) is 4.88. The van der Waals surface area contributed by atoms with Crippen molar-refractivity contribution in [2.45, 2.75) is 24.8 Å². The van der Waals surface area contributed by atoms with Gasteiger partial charge in [0.2, 0.25) is 0 Å². The third-order valence-corrected chi connectivity index (χ3v) is 4.79. The van der Waals surface area contributed by atoms with E-state index in [0.29, 0.717) is 0 Å². The Bertz CT molecular complexity index is 586. The molecule has 21 heavy (non-hydrogen) atoms. The van der Waals surface area contributed by atoms with Gasteiger partial charge in [0.1, 0.15) is 5.82 Å². The summed E-state index contributed by atoms with van der Waals surface area (Å²) in [4.78, 5) is 1.07. The Kier molecular flexibility index (Phi) is 6.09. The molecule has 2 aromatic carbocycles. The number of benzene rings is 2. The van der Waals surface area contributed by atoms with Crippen LogP contribution in [0.4, 0.5) is 4.39 Å². The summed E-state index contributed by atoms with van der Waals surface area (Å²) >= 11 is 7.93. The van der Waals surface area contributed by atoms with Gasteiger partial charge in [0, 0.05) is 21.7 Å². The molecule has 112 valence electrons. The van der Waals surface area contributed by atoms with Crippen LogP contribution in [0.2, 0.25) is 5.02 Å². The first kappa shape index (κ1) is 16.3. The zero-order valence-corrected chi connectivity index (χ0v) is 13.8. The van der Waals surface area contributed by atoms with Gasteiger partial charge in [0.05, 0.1) is 0 Å². The lowest BCUT2D eigenvalue weighted by atomic mass is 10.1. The van der Waals surface area contributed by atoms with E-state index >= 15 is 0 Å². The second-order valence-corrected chi connectivity index (χ2v) is 6.38. The van der Waals surface area contributed by atoms with Crippen LogP contribution in [0.25, 0.3) is 0 Å². The lowest BCUT2D eigenvalue weighted by Crippen LogP contribution is -2.23. The smallest absolute Gasteiger partial charge is 0.123 e. The molecule has 0 saturated carbocycles. The summed E-state index contributed by atoms with van der Waals surface area (Å²) in [6.45, 7) is 4.98. The molecular formula is C17H19ClFNS. The summed E-state index contributed by atoms with van der Waals surface area (Å²) < 4.78 is 12.9. The molecule has 0 amide bonds. The van der Waals surface area contributed by atoms with Crippen molar-refractivity contribution >= 4 is 23.4 Å². The second kappa shape index (κ2) is 7.83. The fraction of sp³-hybridized carbons (Fsp3) is 0.294. The van der Waals surface area contributed by atoms with E-state index in [1.807, 2.05) is 31.2 Å². The van der Waals surface area contributed by atoms with Crippen molar-refractivity contribution in [2.75, 3.05) is 12.3 Å². The van der Waals surface area contributed by atoms with E-state index in [2.05, 4.69) is 18.3 Å². The Balaban J connectivity index is 2.07. The van der Waals surface area contributed by atoms with Gasteiger partial charge in [-0.3, -0.25) is 0 Å². The van der Waals surface area contributed by atoms with E-state index in [0.717, 1.165) is 27.8 Å². The van der Waals surface area contributed by atoms with Gasteiger partial charge in [-0.25, -0.2) is 4.39 Å². The molecule has 0 aliphatic rings. The van der Waals surface area contributed by atoms with Gasteiger partial charge in [0.25, 0.3) is 0 Å². The number of halogens is 2. The van der Waals surface area contributed by atoms with Gasteiger partial charge in [-0.15, -0.1) is 11.8 Å². The van der Waals surface area contributed by atoms with Crippen molar-refractivity contribution in [1.29, 1.82) is 0 Å². The molecule has 1 nitrogen and oxygen atoms in total. The SMILES string of the molecule is CCNC(CSc1ccc(F)cc1)c1ccc(C)c(Cl)c1. The number of rotatable bonds is 6. The Morgan fingerprint density at radius 1 is 1.19 bits per heavy atom. The molecule has 1 unspecified atom stereocenters. The third-order valence-electron chi connectivity index (χ3n) is 3.28. The van der Waals surface area contributed by atoms with E-state index in [1.165, 1.54) is 17.7 Å². The number of hydrogen-bond donors (Lipinski definition) is 1. The van der Waals surface area contributed by atoms with Crippen molar-refractivity contribution in [3.05, 3.63) is 64.4 Å². The molecule has 0 spiro atoms.